The van der Waals surface area contributed by atoms with Crippen molar-refractivity contribution in [3.63, 3.8) is 0 Å². The number of fused-ring (bicyclic) bond motifs is 10. The monoisotopic (exact) mass is 807 g/mol. The Balaban J connectivity index is 0.979. The highest BCUT2D eigenvalue weighted by Crippen LogP contribution is 2.55. The smallest absolute Gasteiger partial charge is 0.238 e. The summed E-state index contributed by atoms with van der Waals surface area (Å²) in [5.41, 5.74) is 14.1. The second kappa shape index (κ2) is 14.1. The minimum atomic E-state index is -0.245. The van der Waals surface area contributed by atoms with Crippen molar-refractivity contribution in [1.82, 2.24) is 24.1 Å². The lowest BCUT2D eigenvalue weighted by atomic mass is 9.85. The van der Waals surface area contributed by atoms with Gasteiger partial charge < -0.3 is 9.30 Å². The summed E-state index contributed by atoms with van der Waals surface area (Å²) in [5, 5.41) is 3.47. The van der Waals surface area contributed by atoms with Crippen molar-refractivity contribution in [3.8, 4) is 62.4 Å². The quantitative estimate of drug-likeness (QED) is 0.168. The van der Waals surface area contributed by atoms with Gasteiger partial charge in [0.05, 0.1) is 27.8 Å². The predicted molar refractivity (Wildman–Crippen MR) is 254 cm³/mol. The maximum absolute atomic E-state index is 7.30. The average molecular weight is 808 g/mol. The molecule has 4 heterocycles. The molecule has 6 nitrogen and oxygen atoms in total. The van der Waals surface area contributed by atoms with E-state index in [1.807, 2.05) is 6.07 Å². The Hall–Kier alpha value is -8.35. The van der Waals surface area contributed by atoms with Gasteiger partial charge in [-0.3, -0.25) is 4.57 Å². The first-order chi connectivity index (χ1) is 31.2. The summed E-state index contributed by atoms with van der Waals surface area (Å²) in [5.74, 6) is 2.50. The third-order valence-corrected chi connectivity index (χ3v) is 12.8. The molecular formula is C57H37N5O. The Labute approximate surface area is 363 Å². The zero-order valence-electron chi connectivity index (χ0n) is 34.0. The van der Waals surface area contributed by atoms with Crippen molar-refractivity contribution in [3.05, 3.63) is 223 Å². The molecule has 0 fully saturated rings. The Kier molecular flexibility index (Phi) is 7.93. The highest BCUT2D eigenvalue weighted by Gasteiger charge is 2.41. The molecule has 0 amide bonds. The van der Waals surface area contributed by atoms with E-state index in [-0.39, 0.29) is 12.0 Å². The van der Waals surface area contributed by atoms with Crippen LogP contribution in [-0.4, -0.2) is 24.1 Å². The highest BCUT2D eigenvalue weighted by molar-refractivity contribution is 6.09. The summed E-state index contributed by atoms with van der Waals surface area (Å²) in [6.07, 6.45) is 4.36. The largest absolute Gasteiger partial charge is 0.484 e. The van der Waals surface area contributed by atoms with Crippen LogP contribution in [0.5, 0.6) is 5.75 Å². The van der Waals surface area contributed by atoms with Gasteiger partial charge in [-0.1, -0.05) is 164 Å². The van der Waals surface area contributed by atoms with Gasteiger partial charge in [0, 0.05) is 44.5 Å². The molecule has 296 valence electrons. The van der Waals surface area contributed by atoms with Crippen molar-refractivity contribution in [1.29, 1.82) is 0 Å². The topological polar surface area (TPSA) is 57.8 Å². The lowest BCUT2D eigenvalue weighted by molar-refractivity contribution is 0.225. The van der Waals surface area contributed by atoms with E-state index in [1.54, 1.807) is 0 Å². The first kappa shape index (κ1) is 35.4. The van der Waals surface area contributed by atoms with E-state index < -0.39 is 0 Å². The van der Waals surface area contributed by atoms with E-state index in [4.69, 9.17) is 19.7 Å². The molecule has 8 aromatic carbocycles. The van der Waals surface area contributed by atoms with Crippen LogP contribution in [0.1, 0.15) is 28.8 Å². The van der Waals surface area contributed by atoms with Gasteiger partial charge in [-0.15, -0.1) is 0 Å². The molecule has 3 aromatic heterocycles. The van der Waals surface area contributed by atoms with Crippen LogP contribution in [0.25, 0.3) is 95.5 Å². The lowest BCUT2D eigenvalue weighted by Crippen LogP contribution is -2.13. The van der Waals surface area contributed by atoms with Gasteiger partial charge in [-0.2, -0.15) is 9.97 Å². The second-order valence-electron chi connectivity index (χ2n) is 16.3. The van der Waals surface area contributed by atoms with Gasteiger partial charge >= 0.3 is 0 Å². The minimum absolute atomic E-state index is 0.00280. The zero-order chi connectivity index (χ0) is 41.4. The van der Waals surface area contributed by atoms with Gasteiger partial charge in [-0.05, 0) is 70.8 Å². The fourth-order valence-corrected chi connectivity index (χ4v) is 9.93. The van der Waals surface area contributed by atoms with E-state index in [9.17, 15) is 0 Å². The first-order valence-electron chi connectivity index (χ1n) is 21.4. The molecule has 63 heavy (non-hydrogen) atoms. The van der Waals surface area contributed by atoms with Crippen molar-refractivity contribution in [2.24, 2.45) is 0 Å². The average Bonchev–Trinajstić information content (AvgIpc) is 4.02. The molecule has 2 unspecified atom stereocenters. The molecule has 6 heteroatoms. The number of hydrogen-bond donors (Lipinski definition) is 0. The van der Waals surface area contributed by atoms with E-state index in [1.165, 1.54) is 22.1 Å². The molecule has 0 N–H and O–H groups in total. The van der Waals surface area contributed by atoms with Gasteiger partial charge in [-0.25, -0.2) is 4.98 Å². The molecule has 11 aromatic rings. The summed E-state index contributed by atoms with van der Waals surface area (Å²) in [7, 11) is 0. The number of rotatable bonds is 6. The number of benzene rings is 8. The molecule has 2 atom stereocenters. The zero-order valence-corrected chi connectivity index (χ0v) is 34.0. The fourth-order valence-electron chi connectivity index (χ4n) is 9.93. The molecule has 0 radical (unpaired) electrons. The SMILES string of the molecule is C1=CC2c3cccc(-c4nc(-c5cccc(-c6ccccc6)c5)nc(-n5c6ccccc6c6ccccc65)n4)c3OC2c2c1n(-c1cccc(-c3ccccc3)c1)c1ccccc21. The van der Waals surface area contributed by atoms with Crippen LogP contribution in [0.4, 0.5) is 0 Å². The van der Waals surface area contributed by atoms with Gasteiger partial charge in [0.2, 0.25) is 5.95 Å². The summed E-state index contributed by atoms with van der Waals surface area (Å²) >= 11 is 0. The Morgan fingerprint density at radius 2 is 0.984 bits per heavy atom. The molecule has 1 aliphatic carbocycles. The first-order valence-corrected chi connectivity index (χ1v) is 21.4. The van der Waals surface area contributed by atoms with Gasteiger partial charge in [0.1, 0.15) is 11.9 Å². The fraction of sp³-hybridized carbons (Fsp3) is 0.0351. The Morgan fingerprint density at radius 1 is 0.429 bits per heavy atom. The Bertz CT molecular complexity index is 3570. The van der Waals surface area contributed by atoms with Crippen LogP contribution in [0.3, 0.4) is 0 Å². The summed E-state index contributed by atoms with van der Waals surface area (Å²) in [6.45, 7) is 0. The number of ether oxygens (including phenoxy) is 1. The van der Waals surface area contributed by atoms with Crippen LogP contribution in [0.15, 0.2) is 206 Å². The summed E-state index contributed by atoms with van der Waals surface area (Å²) in [4.78, 5) is 15.9. The summed E-state index contributed by atoms with van der Waals surface area (Å²) in [6, 6.07) is 70.3. The van der Waals surface area contributed by atoms with E-state index in [0.717, 1.165) is 72.3 Å². The minimum Gasteiger partial charge on any atom is -0.484 e. The van der Waals surface area contributed by atoms with Crippen molar-refractivity contribution < 1.29 is 4.74 Å². The number of nitrogens with zero attached hydrogens (tertiary/aromatic N) is 5. The molecule has 0 saturated heterocycles. The predicted octanol–water partition coefficient (Wildman–Crippen LogP) is 13.8. The lowest BCUT2D eigenvalue weighted by Gasteiger charge is -2.22. The van der Waals surface area contributed by atoms with E-state index in [0.29, 0.717) is 17.6 Å². The Morgan fingerprint density at radius 3 is 1.70 bits per heavy atom. The van der Waals surface area contributed by atoms with Gasteiger partial charge in [0.15, 0.2) is 11.6 Å². The van der Waals surface area contributed by atoms with Crippen molar-refractivity contribution in [2.75, 3.05) is 0 Å². The molecule has 0 bridgehead atoms. The van der Waals surface area contributed by atoms with Crippen LogP contribution >= 0.6 is 0 Å². The molecule has 1 aliphatic heterocycles. The molecule has 0 saturated carbocycles. The molecule has 0 spiro atoms. The highest BCUT2D eigenvalue weighted by atomic mass is 16.5. The van der Waals surface area contributed by atoms with Crippen LogP contribution in [0.2, 0.25) is 0 Å². The van der Waals surface area contributed by atoms with Crippen LogP contribution < -0.4 is 4.74 Å². The van der Waals surface area contributed by atoms with E-state index >= 15 is 0 Å². The second-order valence-corrected chi connectivity index (χ2v) is 16.3. The standard InChI is InChI=1S/C57H37N5O/c1-3-16-36(17-4-1)38-20-13-22-40(34-38)55-58-56(60-57(59-55)62-48-29-10-7-24-42(48)43-25-8-11-30-49(43)62)47-28-15-27-44-45-32-33-51-52(54(45)63-53(44)47)46-26-9-12-31-50(46)61(51)41-23-14-21-39(35-41)37-18-5-2-6-19-37/h1-35,45,54H. The van der Waals surface area contributed by atoms with Crippen molar-refractivity contribution >= 4 is 38.8 Å². The maximum Gasteiger partial charge on any atom is 0.238 e. The van der Waals surface area contributed by atoms with Crippen LogP contribution in [0, 0.1) is 0 Å². The number of para-hydroxylation sites is 4. The maximum atomic E-state index is 7.30. The third kappa shape index (κ3) is 5.62. The molecule has 2 aliphatic rings. The van der Waals surface area contributed by atoms with E-state index in [2.05, 4.69) is 215 Å². The third-order valence-electron chi connectivity index (χ3n) is 12.8. The van der Waals surface area contributed by atoms with Gasteiger partial charge in [0.25, 0.3) is 0 Å². The van der Waals surface area contributed by atoms with Crippen molar-refractivity contribution in [2.45, 2.75) is 12.0 Å². The number of hydrogen-bond acceptors (Lipinski definition) is 4. The normalized spacial score (nSPS) is 15.0. The summed E-state index contributed by atoms with van der Waals surface area (Å²) < 4.78 is 11.8. The molecule has 13 rings (SSSR count). The molecular weight excluding hydrogens is 771 g/mol. The number of aromatic nitrogens is 5. The van der Waals surface area contributed by atoms with Crippen LogP contribution in [-0.2, 0) is 0 Å².